The second kappa shape index (κ2) is 4.37. The molecule has 0 radical (unpaired) electrons. The minimum Gasteiger partial charge on any atom is -0.387 e. The summed E-state index contributed by atoms with van der Waals surface area (Å²) in [6, 6.07) is 6.00. The largest absolute Gasteiger partial charge is 0.387 e. The third-order valence-corrected chi connectivity index (χ3v) is 3.55. The Hall–Kier alpha value is -1.39. The maximum Gasteiger partial charge on any atom is 0.137 e. The number of pyridine rings is 1. The van der Waals surface area contributed by atoms with Crippen LogP contribution in [-0.4, -0.2) is 38.1 Å². The van der Waals surface area contributed by atoms with Gasteiger partial charge in [0.05, 0.1) is 11.3 Å². The van der Waals surface area contributed by atoms with Crippen molar-refractivity contribution < 1.29 is 5.11 Å². The van der Waals surface area contributed by atoms with E-state index in [4.69, 9.17) is 0 Å². The molecule has 3 rings (SSSR count). The molecule has 0 unspecified atom stereocenters. The molecule has 0 aromatic carbocycles. The molecule has 1 saturated heterocycles. The van der Waals surface area contributed by atoms with E-state index in [-0.39, 0.29) is 0 Å². The molecule has 0 bridgehead atoms. The molecule has 1 aliphatic heterocycles. The Kier molecular flexibility index (Phi) is 2.84. The molecule has 18 heavy (non-hydrogen) atoms. The zero-order valence-electron chi connectivity index (χ0n) is 10.7. The molecule has 0 saturated carbocycles. The van der Waals surface area contributed by atoms with Crippen molar-refractivity contribution in [3.05, 3.63) is 36.3 Å². The summed E-state index contributed by atoms with van der Waals surface area (Å²) >= 11 is 0. The topological polar surface area (TPSA) is 40.8 Å². The Morgan fingerprint density at radius 3 is 2.94 bits per heavy atom. The van der Waals surface area contributed by atoms with Crippen molar-refractivity contribution in [3.63, 3.8) is 0 Å². The van der Waals surface area contributed by atoms with Crippen molar-refractivity contribution in [1.82, 2.24) is 14.3 Å². The molecule has 1 N–H and O–H groups in total. The monoisotopic (exact) mass is 245 g/mol. The second-order valence-electron chi connectivity index (χ2n) is 5.32. The molecular formula is C14H19N3O. The number of imidazole rings is 1. The molecule has 0 atom stereocenters. The fraction of sp³-hybridized carbons (Fsp3) is 0.500. The van der Waals surface area contributed by atoms with E-state index >= 15 is 0 Å². The lowest BCUT2D eigenvalue weighted by atomic mass is 9.89. The van der Waals surface area contributed by atoms with E-state index in [1.54, 1.807) is 0 Å². The van der Waals surface area contributed by atoms with Gasteiger partial charge in [-0.1, -0.05) is 19.4 Å². The summed E-state index contributed by atoms with van der Waals surface area (Å²) in [4.78, 5) is 6.82. The van der Waals surface area contributed by atoms with Crippen LogP contribution in [0.15, 0.2) is 30.6 Å². The highest BCUT2D eigenvalue weighted by Crippen LogP contribution is 2.26. The van der Waals surface area contributed by atoms with Crippen molar-refractivity contribution in [3.8, 4) is 0 Å². The van der Waals surface area contributed by atoms with Gasteiger partial charge in [0.1, 0.15) is 5.65 Å². The minimum atomic E-state index is -0.450. The van der Waals surface area contributed by atoms with Gasteiger partial charge < -0.3 is 9.51 Å². The summed E-state index contributed by atoms with van der Waals surface area (Å²) in [5.41, 5.74) is 1.60. The van der Waals surface area contributed by atoms with Crippen LogP contribution in [0.1, 0.15) is 25.5 Å². The number of hydrogen-bond donors (Lipinski definition) is 1. The highest BCUT2D eigenvalue weighted by atomic mass is 16.3. The van der Waals surface area contributed by atoms with E-state index in [0.29, 0.717) is 0 Å². The van der Waals surface area contributed by atoms with Crippen LogP contribution in [0.25, 0.3) is 5.65 Å². The zero-order valence-corrected chi connectivity index (χ0v) is 10.7. The van der Waals surface area contributed by atoms with Gasteiger partial charge in [-0.3, -0.25) is 4.90 Å². The summed E-state index contributed by atoms with van der Waals surface area (Å²) in [6.07, 6.45) is 6.01. The standard InChI is InChI=1S/C14H19N3O/c1-2-6-14(18)10-16(11-14)8-12-9-17-7-4-3-5-13(17)15-12/h3-5,7,9,18H,2,6,8,10-11H2,1H3. The number of hydrogen-bond acceptors (Lipinski definition) is 3. The molecule has 2 aromatic rings. The molecule has 96 valence electrons. The predicted molar refractivity (Wildman–Crippen MR) is 70.3 cm³/mol. The molecular weight excluding hydrogens is 226 g/mol. The number of rotatable bonds is 4. The molecule has 4 heteroatoms. The maximum absolute atomic E-state index is 10.1. The Morgan fingerprint density at radius 1 is 1.39 bits per heavy atom. The normalized spacial score (nSPS) is 19.0. The number of nitrogens with zero attached hydrogens (tertiary/aromatic N) is 3. The van der Waals surface area contributed by atoms with Gasteiger partial charge in [-0.15, -0.1) is 0 Å². The first-order valence-corrected chi connectivity index (χ1v) is 6.56. The first kappa shape index (κ1) is 11.7. The predicted octanol–water partition coefficient (Wildman–Crippen LogP) is 1.68. The minimum absolute atomic E-state index is 0.450. The number of aliphatic hydroxyl groups is 1. The van der Waals surface area contributed by atoms with Crippen LogP contribution in [0.4, 0.5) is 0 Å². The van der Waals surface area contributed by atoms with Crippen molar-refractivity contribution in [2.24, 2.45) is 0 Å². The van der Waals surface area contributed by atoms with Crippen LogP contribution in [0.2, 0.25) is 0 Å². The van der Waals surface area contributed by atoms with Crippen LogP contribution in [-0.2, 0) is 6.54 Å². The molecule has 1 fully saturated rings. The van der Waals surface area contributed by atoms with E-state index in [1.165, 1.54) is 0 Å². The van der Waals surface area contributed by atoms with E-state index < -0.39 is 5.60 Å². The third-order valence-electron chi connectivity index (χ3n) is 3.55. The van der Waals surface area contributed by atoms with E-state index in [2.05, 4.69) is 23.0 Å². The van der Waals surface area contributed by atoms with Gasteiger partial charge >= 0.3 is 0 Å². The van der Waals surface area contributed by atoms with Gasteiger partial charge in [-0.2, -0.15) is 0 Å². The lowest BCUT2D eigenvalue weighted by Crippen LogP contribution is -2.60. The summed E-state index contributed by atoms with van der Waals surface area (Å²) in [5.74, 6) is 0. The van der Waals surface area contributed by atoms with Crippen LogP contribution in [0, 0.1) is 0 Å². The Labute approximate surface area is 107 Å². The first-order chi connectivity index (χ1) is 8.68. The van der Waals surface area contributed by atoms with Crippen LogP contribution < -0.4 is 0 Å². The van der Waals surface area contributed by atoms with Gasteiger partial charge in [0, 0.05) is 32.0 Å². The Balaban J connectivity index is 1.64. The van der Waals surface area contributed by atoms with Gasteiger partial charge in [0.2, 0.25) is 0 Å². The number of aromatic nitrogens is 2. The van der Waals surface area contributed by atoms with E-state index in [9.17, 15) is 5.11 Å². The average molecular weight is 245 g/mol. The summed E-state index contributed by atoms with van der Waals surface area (Å²) < 4.78 is 2.04. The van der Waals surface area contributed by atoms with Gasteiger partial charge in [-0.05, 0) is 18.6 Å². The highest BCUT2D eigenvalue weighted by molar-refractivity contribution is 5.39. The molecule has 3 heterocycles. The van der Waals surface area contributed by atoms with Crippen molar-refractivity contribution >= 4 is 5.65 Å². The molecule has 2 aromatic heterocycles. The maximum atomic E-state index is 10.1. The number of likely N-dealkylation sites (tertiary alicyclic amines) is 1. The summed E-state index contributed by atoms with van der Waals surface area (Å²) in [6.45, 7) is 4.49. The summed E-state index contributed by atoms with van der Waals surface area (Å²) in [7, 11) is 0. The zero-order chi connectivity index (χ0) is 12.6. The summed E-state index contributed by atoms with van der Waals surface area (Å²) in [5, 5.41) is 10.1. The van der Waals surface area contributed by atoms with Crippen molar-refractivity contribution in [1.29, 1.82) is 0 Å². The number of fused-ring (bicyclic) bond motifs is 1. The lowest BCUT2D eigenvalue weighted by molar-refractivity contribution is -0.107. The van der Waals surface area contributed by atoms with Crippen LogP contribution >= 0.6 is 0 Å². The molecule has 0 spiro atoms. The van der Waals surface area contributed by atoms with E-state index in [0.717, 1.165) is 43.8 Å². The molecule has 0 aliphatic carbocycles. The molecule has 1 aliphatic rings. The SMILES string of the molecule is CCCC1(O)CN(Cc2cn3ccccc3n2)C1. The average Bonchev–Trinajstić information content (AvgIpc) is 2.69. The fourth-order valence-electron chi connectivity index (χ4n) is 2.81. The van der Waals surface area contributed by atoms with E-state index in [1.807, 2.05) is 28.8 Å². The quantitative estimate of drug-likeness (QED) is 0.891. The second-order valence-corrected chi connectivity index (χ2v) is 5.32. The fourth-order valence-corrected chi connectivity index (χ4v) is 2.81. The van der Waals surface area contributed by atoms with Crippen LogP contribution in [0.5, 0.6) is 0 Å². The lowest BCUT2D eigenvalue weighted by Gasteiger charge is -2.46. The van der Waals surface area contributed by atoms with Crippen LogP contribution in [0.3, 0.4) is 0 Å². The Morgan fingerprint density at radius 2 is 2.22 bits per heavy atom. The van der Waals surface area contributed by atoms with Crippen molar-refractivity contribution in [2.75, 3.05) is 13.1 Å². The van der Waals surface area contributed by atoms with Gasteiger partial charge in [-0.25, -0.2) is 4.98 Å². The van der Waals surface area contributed by atoms with Gasteiger partial charge in [0.25, 0.3) is 0 Å². The molecule has 0 amide bonds. The molecule has 4 nitrogen and oxygen atoms in total. The van der Waals surface area contributed by atoms with Crippen molar-refractivity contribution in [2.45, 2.75) is 31.9 Å². The number of β-amino-alcohol motifs (C(OH)–C–C–N with tert-alkyl or cyclic N) is 1. The van der Waals surface area contributed by atoms with Gasteiger partial charge in [0.15, 0.2) is 0 Å². The third kappa shape index (κ3) is 2.13. The smallest absolute Gasteiger partial charge is 0.137 e. The highest BCUT2D eigenvalue weighted by Gasteiger charge is 2.39. The Bertz CT molecular complexity index is 510. The first-order valence-electron chi connectivity index (χ1n) is 6.56.